The van der Waals surface area contributed by atoms with E-state index in [1.165, 1.54) is 4.57 Å². The van der Waals surface area contributed by atoms with Crippen LogP contribution in [0.1, 0.15) is 10.4 Å². The van der Waals surface area contributed by atoms with Gasteiger partial charge in [0.05, 0.1) is 6.54 Å². The summed E-state index contributed by atoms with van der Waals surface area (Å²) in [5.41, 5.74) is -1.39. The summed E-state index contributed by atoms with van der Waals surface area (Å²) >= 11 is 5.72. The van der Waals surface area contributed by atoms with Crippen LogP contribution in [0.2, 0.25) is 5.15 Å². The maximum absolute atomic E-state index is 11.2. The first-order valence-corrected chi connectivity index (χ1v) is 4.15. The van der Waals surface area contributed by atoms with E-state index in [9.17, 15) is 9.59 Å². The fraction of sp³-hybridized carbons (Fsp3) is 0.286. The Balaban J connectivity index is 2.75. The van der Waals surface area contributed by atoms with E-state index in [2.05, 4.69) is 4.98 Å². The Morgan fingerprint density at radius 1 is 1.64 bits per heavy atom. The molecule has 6 nitrogen and oxygen atoms in total. The highest BCUT2D eigenvalue weighted by atomic mass is 35.5. The van der Waals surface area contributed by atoms with Gasteiger partial charge in [-0.25, -0.2) is 4.79 Å². The van der Waals surface area contributed by atoms with E-state index >= 15 is 0 Å². The molecule has 2 rings (SSSR count). The number of carbonyl (C=O) groups is 1. The summed E-state index contributed by atoms with van der Waals surface area (Å²) in [6.07, 6.45) is 0. The van der Waals surface area contributed by atoms with Crippen molar-refractivity contribution in [2.75, 3.05) is 6.61 Å². The first-order valence-electron chi connectivity index (χ1n) is 3.77. The summed E-state index contributed by atoms with van der Waals surface area (Å²) in [7, 11) is 0. The van der Waals surface area contributed by atoms with Crippen LogP contribution in [0.5, 0.6) is 6.01 Å². The van der Waals surface area contributed by atoms with Crippen LogP contribution in [0.3, 0.4) is 0 Å². The van der Waals surface area contributed by atoms with Gasteiger partial charge in [0, 0.05) is 0 Å². The molecule has 0 saturated heterocycles. The molecule has 0 atom stereocenters. The summed E-state index contributed by atoms with van der Waals surface area (Å²) in [6, 6.07) is 0.0741. The molecule has 74 valence electrons. The third kappa shape index (κ3) is 1.15. The Morgan fingerprint density at radius 2 is 2.36 bits per heavy atom. The zero-order valence-electron chi connectivity index (χ0n) is 6.86. The predicted octanol–water partition coefficient (Wildman–Crippen LogP) is -0.0127. The number of hydrogen-bond donors (Lipinski definition) is 1. The molecular weight excluding hydrogens is 212 g/mol. The summed E-state index contributed by atoms with van der Waals surface area (Å²) in [5.74, 6) is -1.38. The van der Waals surface area contributed by atoms with E-state index in [1.54, 1.807) is 0 Å². The van der Waals surface area contributed by atoms with Gasteiger partial charge in [-0.3, -0.25) is 9.36 Å². The standard InChI is InChI=1S/C7H5ClN2O4/c8-4-3(6(12)13)5(11)9-7-10(4)1-2-14-7/h1-2H2,(H,12,13). The van der Waals surface area contributed by atoms with Crippen LogP contribution in [-0.2, 0) is 6.54 Å². The summed E-state index contributed by atoms with van der Waals surface area (Å²) in [6.45, 7) is 0.747. The minimum atomic E-state index is -1.38. The molecule has 0 aliphatic carbocycles. The highest BCUT2D eigenvalue weighted by Crippen LogP contribution is 2.21. The topological polar surface area (TPSA) is 81.4 Å². The van der Waals surface area contributed by atoms with Crippen molar-refractivity contribution in [1.82, 2.24) is 9.55 Å². The molecular formula is C7H5ClN2O4. The lowest BCUT2D eigenvalue weighted by Gasteiger charge is -2.04. The molecule has 1 aromatic rings. The van der Waals surface area contributed by atoms with E-state index in [1.807, 2.05) is 0 Å². The molecule has 0 unspecified atom stereocenters. The van der Waals surface area contributed by atoms with Gasteiger partial charge in [0.2, 0.25) is 0 Å². The van der Waals surface area contributed by atoms with Crippen LogP contribution in [0.25, 0.3) is 0 Å². The number of halogens is 1. The lowest BCUT2D eigenvalue weighted by molar-refractivity contribution is 0.0694. The fourth-order valence-corrected chi connectivity index (χ4v) is 1.54. The smallest absolute Gasteiger partial charge is 0.344 e. The van der Waals surface area contributed by atoms with Crippen molar-refractivity contribution in [3.05, 3.63) is 21.1 Å². The average molecular weight is 217 g/mol. The number of carboxylic acid groups (broad SMARTS) is 1. The van der Waals surface area contributed by atoms with Crippen molar-refractivity contribution < 1.29 is 14.6 Å². The van der Waals surface area contributed by atoms with Crippen LogP contribution in [0.4, 0.5) is 0 Å². The van der Waals surface area contributed by atoms with Gasteiger partial charge in [-0.15, -0.1) is 0 Å². The first-order chi connectivity index (χ1) is 6.61. The first kappa shape index (κ1) is 9.01. The molecule has 0 amide bonds. The minimum absolute atomic E-state index is 0.0741. The van der Waals surface area contributed by atoms with Gasteiger partial charge in [0.15, 0.2) is 5.56 Å². The number of rotatable bonds is 1. The molecule has 0 fully saturated rings. The van der Waals surface area contributed by atoms with Crippen molar-refractivity contribution in [3.63, 3.8) is 0 Å². The van der Waals surface area contributed by atoms with Crippen LogP contribution in [0.15, 0.2) is 4.79 Å². The Morgan fingerprint density at radius 3 is 3.00 bits per heavy atom. The molecule has 14 heavy (non-hydrogen) atoms. The Kier molecular flexibility index (Phi) is 1.92. The second kappa shape index (κ2) is 2.98. The van der Waals surface area contributed by atoms with Gasteiger partial charge in [-0.2, -0.15) is 4.98 Å². The molecule has 0 aromatic carbocycles. The minimum Gasteiger partial charge on any atom is -0.477 e. The Bertz CT molecular complexity index is 467. The Hall–Kier alpha value is -1.56. The zero-order chi connectivity index (χ0) is 10.3. The van der Waals surface area contributed by atoms with Crippen LogP contribution < -0.4 is 10.3 Å². The van der Waals surface area contributed by atoms with E-state index < -0.39 is 17.1 Å². The number of aromatic carboxylic acids is 1. The molecule has 0 spiro atoms. The maximum Gasteiger partial charge on any atom is 0.344 e. The lowest BCUT2D eigenvalue weighted by Crippen LogP contribution is -2.21. The summed E-state index contributed by atoms with van der Waals surface area (Å²) in [4.78, 5) is 25.3. The highest BCUT2D eigenvalue weighted by molar-refractivity contribution is 6.32. The van der Waals surface area contributed by atoms with Crippen molar-refractivity contribution in [1.29, 1.82) is 0 Å². The maximum atomic E-state index is 11.2. The predicted molar refractivity (Wildman–Crippen MR) is 46.0 cm³/mol. The monoisotopic (exact) mass is 216 g/mol. The molecule has 7 heteroatoms. The van der Waals surface area contributed by atoms with E-state index in [-0.39, 0.29) is 11.2 Å². The van der Waals surface area contributed by atoms with Crippen LogP contribution >= 0.6 is 11.6 Å². The average Bonchev–Trinajstić information content (AvgIpc) is 2.50. The van der Waals surface area contributed by atoms with E-state index in [4.69, 9.17) is 21.4 Å². The molecule has 0 bridgehead atoms. The third-order valence-corrected chi connectivity index (χ3v) is 2.24. The second-order valence-electron chi connectivity index (χ2n) is 2.67. The lowest BCUT2D eigenvalue weighted by atomic mass is 10.3. The summed E-state index contributed by atoms with van der Waals surface area (Å²) < 4.78 is 6.32. The zero-order valence-corrected chi connectivity index (χ0v) is 7.61. The molecule has 1 aliphatic rings. The van der Waals surface area contributed by atoms with Gasteiger partial charge in [-0.05, 0) is 0 Å². The van der Waals surface area contributed by atoms with Gasteiger partial charge >= 0.3 is 12.0 Å². The van der Waals surface area contributed by atoms with Gasteiger partial charge < -0.3 is 9.84 Å². The number of fused-ring (bicyclic) bond motifs is 1. The molecule has 0 radical (unpaired) electrons. The molecule has 1 aromatic heterocycles. The number of aromatic nitrogens is 2. The van der Waals surface area contributed by atoms with Crippen molar-refractivity contribution in [3.8, 4) is 6.01 Å². The van der Waals surface area contributed by atoms with Crippen LogP contribution in [-0.4, -0.2) is 27.2 Å². The highest BCUT2D eigenvalue weighted by Gasteiger charge is 2.24. The quantitative estimate of drug-likeness (QED) is 0.668. The van der Waals surface area contributed by atoms with E-state index in [0.29, 0.717) is 13.2 Å². The number of nitrogens with zero attached hydrogens (tertiary/aromatic N) is 2. The second-order valence-corrected chi connectivity index (χ2v) is 3.03. The number of carboxylic acids is 1. The van der Waals surface area contributed by atoms with Gasteiger partial charge in [0.1, 0.15) is 11.8 Å². The SMILES string of the molecule is O=C(O)c1c(Cl)n2c(nc1=O)OCC2. The van der Waals surface area contributed by atoms with Crippen LogP contribution in [0, 0.1) is 0 Å². The Labute approximate surface area is 82.7 Å². The third-order valence-electron chi connectivity index (χ3n) is 1.85. The van der Waals surface area contributed by atoms with Crippen molar-refractivity contribution >= 4 is 17.6 Å². The van der Waals surface area contributed by atoms with E-state index in [0.717, 1.165) is 0 Å². The molecule has 1 N–H and O–H groups in total. The summed E-state index contributed by atoms with van der Waals surface area (Å²) in [5, 5.41) is 8.56. The molecule has 2 heterocycles. The molecule has 0 saturated carbocycles. The van der Waals surface area contributed by atoms with Gasteiger partial charge in [0.25, 0.3) is 5.56 Å². The fourth-order valence-electron chi connectivity index (χ4n) is 1.22. The van der Waals surface area contributed by atoms with Crippen molar-refractivity contribution in [2.45, 2.75) is 6.54 Å². The number of ether oxygens (including phenoxy) is 1. The molecule has 1 aliphatic heterocycles. The largest absolute Gasteiger partial charge is 0.477 e. The normalized spacial score (nSPS) is 13.5. The van der Waals surface area contributed by atoms with Crippen molar-refractivity contribution in [2.24, 2.45) is 0 Å². The number of hydrogen-bond acceptors (Lipinski definition) is 4. The van der Waals surface area contributed by atoms with Gasteiger partial charge in [-0.1, -0.05) is 11.6 Å².